The molecule has 4 heteroatoms. The van der Waals surface area contributed by atoms with E-state index in [-0.39, 0.29) is 10.8 Å². The summed E-state index contributed by atoms with van der Waals surface area (Å²) in [4.78, 5) is 2.56. The van der Waals surface area contributed by atoms with Crippen LogP contribution in [-0.4, -0.2) is 44.4 Å². The van der Waals surface area contributed by atoms with Gasteiger partial charge in [-0.15, -0.1) is 0 Å². The van der Waals surface area contributed by atoms with Crippen LogP contribution in [0.4, 0.5) is 0 Å². The van der Waals surface area contributed by atoms with Gasteiger partial charge in [-0.3, -0.25) is 4.90 Å². The second-order valence-electron chi connectivity index (χ2n) is 17.9. The lowest BCUT2D eigenvalue weighted by molar-refractivity contribution is 0.0257. The fourth-order valence-electron chi connectivity index (χ4n) is 11.6. The van der Waals surface area contributed by atoms with Gasteiger partial charge in [0.2, 0.25) is 0 Å². The number of fused-ring (bicyclic) bond motifs is 11. The van der Waals surface area contributed by atoms with Crippen LogP contribution in [-0.2, 0) is 21.2 Å². The third kappa shape index (κ3) is 5.29. The number of morpholine rings is 1. The Morgan fingerprint density at radius 3 is 2.25 bits per heavy atom. The molecule has 1 fully saturated rings. The molecule has 2 heterocycles. The van der Waals surface area contributed by atoms with Gasteiger partial charge in [0, 0.05) is 46.5 Å². The molecule has 5 aliphatic rings. The van der Waals surface area contributed by atoms with Crippen molar-refractivity contribution in [2.45, 2.75) is 69.4 Å². The van der Waals surface area contributed by atoms with Crippen molar-refractivity contribution in [1.82, 2.24) is 4.90 Å². The Bertz CT molecular complexity index is 2800. The van der Waals surface area contributed by atoms with Crippen LogP contribution in [0.15, 0.2) is 139 Å². The summed E-state index contributed by atoms with van der Waals surface area (Å²) in [5.74, 6) is 1.76. The minimum absolute atomic E-state index is 0.148. The molecule has 0 radical (unpaired) electrons. The summed E-state index contributed by atoms with van der Waals surface area (Å²) in [5, 5.41) is 2.29. The highest BCUT2D eigenvalue weighted by atomic mass is 16.5. The molecule has 2 unspecified atom stereocenters. The monoisotopic (exact) mass is 787 g/mol. The smallest absolute Gasteiger partial charge is 0.177 e. The average Bonchev–Trinajstić information content (AvgIpc) is 3.74. The van der Waals surface area contributed by atoms with Crippen molar-refractivity contribution in [1.29, 1.82) is 0 Å². The molecule has 0 spiro atoms. The summed E-state index contributed by atoms with van der Waals surface area (Å²) in [6.45, 7) is 13.0. The molecule has 0 bridgehead atoms. The van der Waals surface area contributed by atoms with E-state index in [0.29, 0.717) is 6.04 Å². The Labute approximate surface area is 354 Å². The van der Waals surface area contributed by atoms with E-state index >= 15 is 0 Å². The summed E-state index contributed by atoms with van der Waals surface area (Å²) in [6, 6.07) is 40.9. The molecule has 2 atom stereocenters. The fraction of sp³-hybridized carbons (Fsp3) is 0.286. The van der Waals surface area contributed by atoms with E-state index in [1.807, 2.05) is 0 Å². The standard InChI is InChI=1S/C56H53NO3/c1-6-55(7-2)50-33-37(36-13-9-8-10-14-36)17-24-45(50)51-44-26-23-41(58-5)35-47(44)53-46(52(51)55)27-28-56(60-53,38-18-21-40(22-19-38)57-29-31-59-32-30-57)39-20-25-43-42-15-11-12-16-48(42)54(3,4)49(43)34-39/h8-21,23-28,33-35,40H,6-7,22,29-32H2,1-5H3. The summed E-state index contributed by atoms with van der Waals surface area (Å²) in [6.07, 6.45) is 14.9. The van der Waals surface area contributed by atoms with E-state index in [9.17, 15) is 0 Å². The molecular weight excluding hydrogens is 735 g/mol. The van der Waals surface area contributed by atoms with Crippen LogP contribution in [0.25, 0.3) is 50.2 Å². The molecule has 6 aromatic rings. The van der Waals surface area contributed by atoms with Crippen LogP contribution in [0, 0.1) is 0 Å². The van der Waals surface area contributed by atoms with Crippen LogP contribution >= 0.6 is 0 Å². The van der Waals surface area contributed by atoms with Gasteiger partial charge < -0.3 is 14.2 Å². The first-order valence-corrected chi connectivity index (χ1v) is 22.0. The lowest BCUT2D eigenvalue weighted by atomic mass is 9.70. The van der Waals surface area contributed by atoms with Gasteiger partial charge in [-0.05, 0) is 122 Å². The topological polar surface area (TPSA) is 30.9 Å². The Balaban J connectivity index is 1.14. The lowest BCUT2D eigenvalue weighted by Gasteiger charge is -2.41. The quantitative estimate of drug-likeness (QED) is 0.161. The zero-order valence-electron chi connectivity index (χ0n) is 35.5. The molecule has 0 saturated carbocycles. The van der Waals surface area contributed by atoms with Crippen molar-refractivity contribution in [2.24, 2.45) is 0 Å². The molecule has 1 saturated heterocycles. The molecule has 0 N–H and O–H groups in total. The number of methoxy groups -OCH3 is 1. The summed E-state index contributed by atoms with van der Waals surface area (Å²) < 4.78 is 19.6. The predicted molar refractivity (Wildman–Crippen MR) is 246 cm³/mol. The third-order valence-electron chi connectivity index (χ3n) is 14.9. The molecule has 4 nitrogen and oxygen atoms in total. The number of hydrogen-bond donors (Lipinski definition) is 0. The van der Waals surface area contributed by atoms with Crippen molar-refractivity contribution in [3.05, 3.63) is 172 Å². The number of ether oxygens (including phenoxy) is 3. The van der Waals surface area contributed by atoms with E-state index in [0.717, 1.165) is 68.0 Å². The maximum Gasteiger partial charge on any atom is 0.177 e. The largest absolute Gasteiger partial charge is 0.497 e. The maximum atomic E-state index is 7.95. The van der Waals surface area contributed by atoms with Crippen molar-refractivity contribution in [3.8, 4) is 44.9 Å². The SMILES string of the molecule is CCC1(CC)c2cc(-c3ccccc3)ccc2-c2c1c1c(c3cc(OC)ccc23)OC(C2=CCC(N3CCOCC3)C=C2)(c2ccc3c(c2)C(C)(C)c2ccccc2-3)C=C1. The first-order chi connectivity index (χ1) is 29.3. The fourth-order valence-corrected chi connectivity index (χ4v) is 11.6. The van der Waals surface area contributed by atoms with Crippen molar-refractivity contribution < 1.29 is 14.2 Å². The number of benzene rings is 6. The highest BCUT2D eigenvalue weighted by Crippen LogP contribution is 2.61. The van der Waals surface area contributed by atoms with Gasteiger partial charge in [0.05, 0.1) is 20.3 Å². The van der Waals surface area contributed by atoms with Crippen LogP contribution in [0.3, 0.4) is 0 Å². The lowest BCUT2D eigenvalue weighted by Crippen LogP contribution is -2.43. The second kappa shape index (κ2) is 13.9. The zero-order chi connectivity index (χ0) is 40.8. The Kier molecular flexibility index (Phi) is 8.67. The molecular formula is C56H53NO3. The average molecular weight is 788 g/mol. The molecule has 60 heavy (non-hydrogen) atoms. The maximum absolute atomic E-state index is 7.95. The Morgan fingerprint density at radius 2 is 1.48 bits per heavy atom. The van der Waals surface area contributed by atoms with Crippen molar-refractivity contribution in [2.75, 3.05) is 33.4 Å². The number of rotatable bonds is 7. The summed E-state index contributed by atoms with van der Waals surface area (Å²) in [5.41, 5.74) is 15.6. The van der Waals surface area contributed by atoms with Gasteiger partial charge in [0.25, 0.3) is 0 Å². The van der Waals surface area contributed by atoms with Crippen LogP contribution in [0.1, 0.15) is 80.3 Å². The number of hydrogen-bond acceptors (Lipinski definition) is 4. The van der Waals surface area contributed by atoms with Gasteiger partial charge in [0.1, 0.15) is 11.5 Å². The van der Waals surface area contributed by atoms with Gasteiger partial charge >= 0.3 is 0 Å². The minimum atomic E-state index is -0.864. The summed E-state index contributed by atoms with van der Waals surface area (Å²) >= 11 is 0. The van der Waals surface area contributed by atoms with Gasteiger partial charge in [-0.1, -0.05) is 131 Å². The third-order valence-corrected chi connectivity index (χ3v) is 14.9. The Morgan fingerprint density at radius 1 is 0.717 bits per heavy atom. The molecule has 11 rings (SSSR count). The van der Waals surface area contributed by atoms with Crippen molar-refractivity contribution in [3.63, 3.8) is 0 Å². The van der Waals surface area contributed by atoms with E-state index in [2.05, 4.69) is 172 Å². The first kappa shape index (κ1) is 37.3. The second-order valence-corrected chi connectivity index (χ2v) is 17.9. The first-order valence-electron chi connectivity index (χ1n) is 22.0. The highest BCUT2D eigenvalue weighted by molar-refractivity contribution is 6.09. The van der Waals surface area contributed by atoms with Gasteiger partial charge in [-0.2, -0.15) is 0 Å². The van der Waals surface area contributed by atoms with E-state index in [4.69, 9.17) is 14.2 Å². The molecule has 0 aromatic heterocycles. The molecule has 0 amide bonds. The molecule has 300 valence electrons. The Hall–Kier alpha value is -5.68. The number of nitrogens with zero attached hydrogens (tertiary/aromatic N) is 1. The highest BCUT2D eigenvalue weighted by Gasteiger charge is 2.48. The minimum Gasteiger partial charge on any atom is -0.497 e. The summed E-state index contributed by atoms with van der Waals surface area (Å²) in [7, 11) is 1.76. The predicted octanol–water partition coefficient (Wildman–Crippen LogP) is 12.8. The normalized spacial score (nSPS) is 21.7. The molecule has 6 aromatic carbocycles. The van der Waals surface area contributed by atoms with Crippen molar-refractivity contribution >= 4 is 16.8 Å². The van der Waals surface area contributed by atoms with Gasteiger partial charge in [-0.25, -0.2) is 0 Å². The van der Waals surface area contributed by atoms with Crippen LogP contribution < -0.4 is 9.47 Å². The van der Waals surface area contributed by atoms with Gasteiger partial charge in [0.15, 0.2) is 5.60 Å². The van der Waals surface area contributed by atoms with E-state index < -0.39 is 5.60 Å². The zero-order valence-corrected chi connectivity index (χ0v) is 35.5. The van der Waals surface area contributed by atoms with E-state index in [1.165, 1.54) is 72.2 Å². The van der Waals surface area contributed by atoms with E-state index in [1.54, 1.807) is 7.11 Å². The molecule has 3 aliphatic carbocycles. The van der Waals surface area contributed by atoms with Crippen LogP contribution in [0.2, 0.25) is 0 Å². The van der Waals surface area contributed by atoms with Crippen LogP contribution in [0.5, 0.6) is 11.5 Å². The molecule has 2 aliphatic heterocycles.